The summed E-state index contributed by atoms with van der Waals surface area (Å²) in [7, 11) is 0. The van der Waals surface area contributed by atoms with Crippen molar-refractivity contribution in [1.29, 1.82) is 0 Å². The van der Waals surface area contributed by atoms with E-state index in [1.54, 1.807) is 5.56 Å². The number of aryl methyl sites for hydroxylation is 2. The zero-order valence-electron chi connectivity index (χ0n) is 16.9. The van der Waals surface area contributed by atoms with Crippen molar-refractivity contribution in [3.63, 3.8) is 0 Å². The quantitative estimate of drug-likeness (QED) is 0.384. The maximum absolute atomic E-state index is 2.47. The molecular formula is C25H29Cl2Zr. The molecule has 147 valence electrons. The third-order valence-electron chi connectivity index (χ3n) is 5.84. The Balaban J connectivity index is 0.00000131. The van der Waals surface area contributed by atoms with E-state index in [9.17, 15) is 0 Å². The van der Waals surface area contributed by atoms with E-state index in [1.807, 2.05) is 0 Å². The van der Waals surface area contributed by atoms with Crippen molar-refractivity contribution in [2.45, 2.75) is 58.8 Å². The Morgan fingerprint density at radius 1 is 0.857 bits per heavy atom. The zero-order chi connectivity index (χ0) is 17.2. The summed E-state index contributed by atoms with van der Waals surface area (Å²) >= 11 is 0. The predicted molar refractivity (Wildman–Crippen MR) is 109 cm³/mol. The molecule has 1 radical (unpaired) electrons. The van der Waals surface area contributed by atoms with Gasteiger partial charge in [-0.1, -0.05) is 79.5 Å². The Labute approximate surface area is 201 Å². The van der Waals surface area contributed by atoms with Crippen molar-refractivity contribution in [3.8, 4) is 11.1 Å². The average Bonchev–Trinajstić information content (AvgIpc) is 2.81. The summed E-state index contributed by atoms with van der Waals surface area (Å²) in [5.74, 6) is 0.893. The first-order valence-electron chi connectivity index (χ1n) is 9.96. The van der Waals surface area contributed by atoms with E-state index in [2.05, 4.69) is 62.4 Å². The van der Waals surface area contributed by atoms with Gasteiger partial charge in [0.1, 0.15) is 0 Å². The molecule has 4 rings (SSSR count). The van der Waals surface area contributed by atoms with Crippen molar-refractivity contribution < 1.29 is 51.0 Å². The van der Waals surface area contributed by atoms with Gasteiger partial charge in [0.2, 0.25) is 0 Å². The van der Waals surface area contributed by atoms with E-state index < -0.39 is 0 Å². The molecular weight excluding hydrogens is 462 g/mol. The van der Waals surface area contributed by atoms with Gasteiger partial charge in [0, 0.05) is 0 Å². The number of halogens is 2. The molecule has 3 aromatic carbocycles. The minimum Gasteiger partial charge on any atom is -1.00 e. The molecule has 0 unspecified atom stereocenters. The average molecular weight is 492 g/mol. The van der Waals surface area contributed by atoms with Crippen molar-refractivity contribution >= 4 is 10.8 Å². The zero-order valence-corrected chi connectivity index (χ0v) is 20.9. The summed E-state index contributed by atoms with van der Waals surface area (Å²) in [5, 5.41) is 2.83. The second kappa shape index (κ2) is 11.6. The second-order valence-electron chi connectivity index (χ2n) is 8.11. The van der Waals surface area contributed by atoms with E-state index in [0.717, 1.165) is 5.92 Å². The third kappa shape index (κ3) is 6.01. The first kappa shape index (κ1) is 25.5. The molecule has 0 heterocycles. The van der Waals surface area contributed by atoms with Crippen molar-refractivity contribution in [1.82, 2.24) is 0 Å². The fourth-order valence-corrected chi connectivity index (χ4v) is 4.70. The van der Waals surface area contributed by atoms with Crippen LogP contribution in [0.2, 0.25) is 0 Å². The molecule has 1 saturated carbocycles. The molecule has 3 aromatic rings. The fraction of sp³-hybridized carbons (Fsp3) is 0.400. The summed E-state index contributed by atoms with van der Waals surface area (Å²) in [5.41, 5.74) is 6.97. The second-order valence-corrected chi connectivity index (χ2v) is 8.11. The molecule has 3 heteroatoms. The SMILES string of the molecule is Cc1cc(C)cc(-c2cccc3[cH-]c(CC4CCCCCC4)cc23)c1.[Cl-].[Cl-].[Zr+3]. The topological polar surface area (TPSA) is 0 Å². The van der Waals surface area contributed by atoms with Crippen molar-refractivity contribution in [3.05, 3.63) is 65.2 Å². The maximum Gasteiger partial charge on any atom is 3.00 e. The van der Waals surface area contributed by atoms with E-state index >= 15 is 0 Å². The molecule has 1 fully saturated rings. The Bertz CT molecular complexity index is 853. The summed E-state index contributed by atoms with van der Waals surface area (Å²) in [6.07, 6.45) is 9.85. The molecule has 0 spiro atoms. The van der Waals surface area contributed by atoms with Crippen LogP contribution in [0.5, 0.6) is 0 Å². The van der Waals surface area contributed by atoms with Gasteiger partial charge in [0.05, 0.1) is 0 Å². The van der Waals surface area contributed by atoms with Crippen LogP contribution in [-0.2, 0) is 32.6 Å². The molecule has 0 aromatic heterocycles. The fourth-order valence-electron chi connectivity index (χ4n) is 4.70. The van der Waals surface area contributed by atoms with Crippen LogP contribution in [0.15, 0.2) is 48.5 Å². The van der Waals surface area contributed by atoms with Crippen LogP contribution in [0.1, 0.15) is 55.2 Å². The molecule has 0 nitrogen and oxygen atoms in total. The van der Waals surface area contributed by atoms with Gasteiger partial charge in [-0.15, -0.1) is 34.5 Å². The summed E-state index contributed by atoms with van der Waals surface area (Å²) in [6, 6.07) is 18.6. The van der Waals surface area contributed by atoms with E-state index in [1.165, 1.54) is 78.0 Å². The Morgan fingerprint density at radius 2 is 1.50 bits per heavy atom. The normalized spacial score (nSPS) is 14.5. The minimum atomic E-state index is 0. The summed E-state index contributed by atoms with van der Waals surface area (Å²) in [4.78, 5) is 0. The molecule has 0 saturated heterocycles. The minimum absolute atomic E-state index is 0. The molecule has 1 aliphatic rings. The van der Waals surface area contributed by atoms with Gasteiger partial charge in [0.25, 0.3) is 0 Å². The van der Waals surface area contributed by atoms with Crippen LogP contribution in [0.25, 0.3) is 21.9 Å². The number of benzene rings is 2. The molecule has 0 aliphatic heterocycles. The first-order valence-corrected chi connectivity index (χ1v) is 9.96. The molecule has 28 heavy (non-hydrogen) atoms. The number of hydrogen-bond donors (Lipinski definition) is 0. The van der Waals surface area contributed by atoms with Crippen LogP contribution in [0, 0.1) is 19.8 Å². The van der Waals surface area contributed by atoms with Crippen molar-refractivity contribution in [2.24, 2.45) is 5.92 Å². The van der Waals surface area contributed by atoms with Gasteiger partial charge < -0.3 is 24.8 Å². The molecule has 1 aliphatic carbocycles. The van der Waals surface area contributed by atoms with E-state index in [-0.39, 0.29) is 51.0 Å². The number of fused-ring (bicyclic) bond motifs is 1. The van der Waals surface area contributed by atoms with Crippen LogP contribution in [-0.4, -0.2) is 0 Å². The molecule has 0 N–H and O–H groups in total. The number of hydrogen-bond acceptors (Lipinski definition) is 0. The smallest absolute Gasteiger partial charge is 1.00 e. The Hall–Kier alpha value is -0.487. The van der Waals surface area contributed by atoms with Gasteiger partial charge in [-0.05, 0) is 31.7 Å². The summed E-state index contributed by atoms with van der Waals surface area (Å²) in [6.45, 7) is 4.39. The van der Waals surface area contributed by atoms with Gasteiger partial charge >= 0.3 is 26.2 Å². The van der Waals surface area contributed by atoms with Gasteiger partial charge in [0.15, 0.2) is 0 Å². The third-order valence-corrected chi connectivity index (χ3v) is 5.84. The van der Waals surface area contributed by atoms with Crippen LogP contribution in [0.3, 0.4) is 0 Å². The van der Waals surface area contributed by atoms with Gasteiger partial charge in [-0.3, -0.25) is 0 Å². The Kier molecular flexibility index (Phi) is 10.6. The van der Waals surface area contributed by atoms with E-state index in [4.69, 9.17) is 0 Å². The van der Waals surface area contributed by atoms with Crippen molar-refractivity contribution in [2.75, 3.05) is 0 Å². The van der Waals surface area contributed by atoms with Crippen LogP contribution in [0.4, 0.5) is 0 Å². The van der Waals surface area contributed by atoms with Gasteiger partial charge in [-0.2, -0.15) is 6.07 Å². The standard InChI is InChI=1S/C25H29.2ClH.Zr/c1-18-12-19(2)14-23(13-18)24-11-7-10-22-16-21(17-25(22)24)15-20-8-5-3-4-6-9-20;;;/h7,10-14,16-17,20H,3-6,8-9,15H2,1-2H3;2*1H;/q-1;;;+3/p-2. The number of rotatable bonds is 3. The monoisotopic (exact) mass is 489 g/mol. The summed E-state index contributed by atoms with van der Waals surface area (Å²) < 4.78 is 0. The first-order chi connectivity index (χ1) is 12.2. The van der Waals surface area contributed by atoms with Gasteiger partial charge in [-0.25, -0.2) is 0 Å². The Morgan fingerprint density at radius 3 is 2.14 bits per heavy atom. The van der Waals surface area contributed by atoms with E-state index in [0.29, 0.717) is 0 Å². The molecule has 0 atom stereocenters. The maximum atomic E-state index is 2.47. The van der Waals surface area contributed by atoms with Crippen LogP contribution < -0.4 is 24.8 Å². The largest absolute Gasteiger partial charge is 3.00 e. The predicted octanol–water partition coefficient (Wildman–Crippen LogP) is 1.36. The van der Waals surface area contributed by atoms with Crippen LogP contribution >= 0.6 is 0 Å². The molecule has 0 amide bonds. The molecule has 0 bridgehead atoms.